The summed E-state index contributed by atoms with van der Waals surface area (Å²) in [5.41, 5.74) is 0. The Labute approximate surface area is 94.8 Å². The Balaban J connectivity index is 3.46. The van der Waals surface area contributed by atoms with E-state index in [1.165, 1.54) is 32.8 Å². The Bertz CT molecular complexity index is 188. The van der Waals surface area contributed by atoms with E-state index in [9.17, 15) is 4.79 Å². The molecular weight excluding hydrogens is 244 g/mol. The number of esters is 1. The molecule has 0 aliphatic carbocycles. The Morgan fingerprint density at radius 2 is 1.93 bits per heavy atom. The van der Waals surface area contributed by atoms with Gasteiger partial charge in [0.25, 0.3) is 0 Å². The van der Waals surface area contributed by atoms with Crippen LogP contribution in [0.4, 0.5) is 0 Å². The molecule has 3 heteroatoms. The number of methoxy groups -OCH3 is 1. The van der Waals surface area contributed by atoms with Crippen molar-refractivity contribution in [2.75, 3.05) is 7.11 Å². The zero-order valence-electron chi connectivity index (χ0n) is 9.01. The molecular formula is C11H19BrO2. The van der Waals surface area contributed by atoms with Gasteiger partial charge in [-0.2, -0.15) is 0 Å². The lowest BCUT2D eigenvalue weighted by Gasteiger charge is -1.98. The summed E-state index contributed by atoms with van der Waals surface area (Å²) >= 11 is 3.17. The van der Waals surface area contributed by atoms with Gasteiger partial charge in [0.05, 0.1) is 11.6 Å². The highest BCUT2D eigenvalue weighted by Crippen LogP contribution is 2.11. The highest BCUT2D eigenvalue weighted by atomic mass is 79.9. The quantitative estimate of drug-likeness (QED) is 0.396. The van der Waals surface area contributed by atoms with Crippen LogP contribution in [-0.4, -0.2) is 13.1 Å². The van der Waals surface area contributed by atoms with E-state index in [1.807, 2.05) is 6.08 Å². The van der Waals surface area contributed by atoms with E-state index in [4.69, 9.17) is 0 Å². The molecule has 0 N–H and O–H groups in total. The number of hydrogen-bond acceptors (Lipinski definition) is 2. The lowest BCUT2D eigenvalue weighted by molar-refractivity contribution is -0.135. The summed E-state index contributed by atoms with van der Waals surface area (Å²) in [6.07, 6.45) is 9.08. The number of hydrogen-bond donors (Lipinski definition) is 0. The maximum absolute atomic E-state index is 10.9. The van der Waals surface area contributed by atoms with Gasteiger partial charge < -0.3 is 4.74 Å². The van der Waals surface area contributed by atoms with Crippen LogP contribution in [0.3, 0.4) is 0 Å². The van der Waals surface area contributed by atoms with Crippen LogP contribution in [0.1, 0.15) is 45.4 Å². The van der Waals surface area contributed by atoms with Crippen molar-refractivity contribution in [2.24, 2.45) is 0 Å². The summed E-state index contributed by atoms with van der Waals surface area (Å²) < 4.78 is 5.09. The first-order chi connectivity index (χ1) is 6.72. The van der Waals surface area contributed by atoms with Gasteiger partial charge in [-0.1, -0.05) is 38.7 Å². The van der Waals surface area contributed by atoms with E-state index < -0.39 is 0 Å². The summed E-state index contributed by atoms with van der Waals surface area (Å²) in [5.74, 6) is -0.293. The fraction of sp³-hybridized carbons (Fsp3) is 0.727. The molecule has 0 aliphatic rings. The number of ether oxygens (including phenoxy) is 1. The number of carbonyl (C=O) groups is 1. The summed E-state index contributed by atoms with van der Waals surface area (Å²) in [7, 11) is 1.39. The molecule has 0 radical (unpaired) electrons. The second-order valence-electron chi connectivity index (χ2n) is 3.25. The summed E-state index contributed by atoms with van der Waals surface area (Å²) in [6, 6.07) is 0. The SMILES string of the molecule is CCCCCCC/C=C(\Br)C(=O)OC. The van der Waals surface area contributed by atoms with Crippen molar-refractivity contribution >= 4 is 21.9 Å². The number of rotatable bonds is 7. The van der Waals surface area contributed by atoms with Gasteiger partial charge in [-0.25, -0.2) is 4.79 Å². The van der Waals surface area contributed by atoms with Crippen molar-refractivity contribution < 1.29 is 9.53 Å². The predicted octanol–water partition coefficient (Wildman–Crippen LogP) is 3.80. The lowest BCUT2D eigenvalue weighted by Crippen LogP contribution is -1.98. The van der Waals surface area contributed by atoms with Crippen LogP contribution < -0.4 is 0 Å². The number of allylic oxidation sites excluding steroid dienone is 1. The van der Waals surface area contributed by atoms with E-state index in [1.54, 1.807) is 0 Å². The minimum absolute atomic E-state index is 0.293. The lowest BCUT2D eigenvalue weighted by atomic mass is 10.1. The van der Waals surface area contributed by atoms with Gasteiger partial charge in [-0.05, 0) is 28.8 Å². The van der Waals surface area contributed by atoms with E-state index in [-0.39, 0.29) is 5.97 Å². The van der Waals surface area contributed by atoms with Gasteiger partial charge in [0, 0.05) is 0 Å². The maximum atomic E-state index is 10.9. The fourth-order valence-electron chi connectivity index (χ4n) is 1.16. The molecule has 0 amide bonds. The topological polar surface area (TPSA) is 26.3 Å². The van der Waals surface area contributed by atoms with E-state index in [0.29, 0.717) is 4.48 Å². The van der Waals surface area contributed by atoms with Crippen LogP contribution in [0.2, 0.25) is 0 Å². The van der Waals surface area contributed by atoms with Gasteiger partial charge in [-0.15, -0.1) is 0 Å². The smallest absolute Gasteiger partial charge is 0.344 e. The van der Waals surface area contributed by atoms with E-state index in [2.05, 4.69) is 27.6 Å². The number of halogens is 1. The molecule has 0 fully saturated rings. The molecule has 0 atom stereocenters. The third-order valence-corrected chi connectivity index (χ3v) is 2.66. The van der Waals surface area contributed by atoms with Gasteiger partial charge in [0.15, 0.2) is 0 Å². The second-order valence-corrected chi connectivity index (χ2v) is 4.10. The summed E-state index contributed by atoms with van der Waals surface area (Å²) in [6.45, 7) is 2.20. The molecule has 82 valence electrons. The second kappa shape index (κ2) is 9.25. The van der Waals surface area contributed by atoms with Gasteiger partial charge in [0.2, 0.25) is 0 Å². The van der Waals surface area contributed by atoms with Crippen molar-refractivity contribution in [3.05, 3.63) is 10.6 Å². The molecule has 2 nitrogen and oxygen atoms in total. The Kier molecular flexibility index (Phi) is 9.05. The number of carbonyl (C=O) groups excluding carboxylic acids is 1. The average Bonchev–Trinajstić information content (AvgIpc) is 2.21. The molecule has 0 aromatic heterocycles. The average molecular weight is 263 g/mol. The van der Waals surface area contributed by atoms with Crippen molar-refractivity contribution in [1.82, 2.24) is 0 Å². The first kappa shape index (κ1) is 13.7. The van der Waals surface area contributed by atoms with Crippen molar-refractivity contribution in [3.8, 4) is 0 Å². The molecule has 0 rings (SSSR count). The van der Waals surface area contributed by atoms with Gasteiger partial charge in [0.1, 0.15) is 0 Å². The van der Waals surface area contributed by atoms with Crippen molar-refractivity contribution in [2.45, 2.75) is 45.4 Å². The summed E-state index contributed by atoms with van der Waals surface area (Å²) in [5, 5.41) is 0. The number of unbranched alkanes of at least 4 members (excludes halogenated alkanes) is 5. The van der Waals surface area contributed by atoms with Gasteiger partial charge in [-0.3, -0.25) is 0 Å². The standard InChI is InChI=1S/C11H19BrO2/c1-3-4-5-6-7-8-9-10(12)11(13)14-2/h9H,3-8H2,1-2H3/b10-9-. The van der Waals surface area contributed by atoms with E-state index in [0.717, 1.165) is 12.8 Å². The highest BCUT2D eigenvalue weighted by Gasteiger charge is 2.03. The first-order valence-electron chi connectivity index (χ1n) is 5.16. The highest BCUT2D eigenvalue weighted by molar-refractivity contribution is 9.12. The van der Waals surface area contributed by atoms with Crippen molar-refractivity contribution in [1.29, 1.82) is 0 Å². The minimum Gasteiger partial charge on any atom is -0.465 e. The molecule has 0 aromatic carbocycles. The Hall–Kier alpha value is -0.310. The largest absolute Gasteiger partial charge is 0.465 e. The minimum atomic E-state index is -0.293. The van der Waals surface area contributed by atoms with Crippen LogP contribution in [0.5, 0.6) is 0 Å². The van der Waals surface area contributed by atoms with Gasteiger partial charge >= 0.3 is 5.97 Å². The molecule has 0 unspecified atom stereocenters. The van der Waals surface area contributed by atoms with E-state index >= 15 is 0 Å². The van der Waals surface area contributed by atoms with Crippen LogP contribution >= 0.6 is 15.9 Å². The Morgan fingerprint density at radius 3 is 2.50 bits per heavy atom. The first-order valence-corrected chi connectivity index (χ1v) is 5.95. The molecule has 0 aromatic rings. The predicted molar refractivity (Wildman–Crippen MR) is 62.4 cm³/mol. The normalized spacial score (nSPS) is 11.5. The zero-order chi connectivity index (χ0) is 10.8. The van der Waals surface area contributed by atoms with Crippen LogP contribution in [0.25, 0.3) is 0 Å². The fourth-order valence-corrected chi connectivity index (χ4v) is 1.55. The zero-order valence-corrected chi connectivity index (χ0v) is 10.6. The molecule has 0 heterocycles. The molecule has 0 spiro atoms. The van der Waals surface area contributed by atoms with Crippen LogP contribution in [0.15, 0.2) is 10.6 Å². The molecule has 0 saturated heterocycles. The monoisotopic (exact) mass is 262 g/mol. The molecule has 0 aliphatic heterocycles. The third-order valence-electron chi connectivity index (χ3n) is 2.01. The van der Waals surface area contributed by atoms with Crippen LogP contribution in [-0.2, 0) is 9.53 Å². The Morgan fingerprint density at radius 1 is 1.29 bits per heavy atom. The maximum Gasteiger partial charge on any atom is 0.344 e. The molecule has 0 bridgehead atoms. The van der Waals surface area contributed by atoms with Crippen molar-refractivity contribution in [3.63, 3.8) is 0 Å². The molecule has 0 saturated carbocycles. The summed E-state index contributed by atoms with van der Waals surface area (Å²) in [4.78, 5) is 10.9. The molecule has 14 heavy (non-hydrogen) atoms. The van der Waals surface area contributed by atoms with Crippen LogP contribution in [0, 0.1) is 0 Å². The third kappa shape index (κ3) is 7.13.